The number of aliphatic hydroxyl groups is 1. The molecule has 0 saturated carbocycles. The summed E-state index contributed by atoms with van der Waals surface area (Å²) in [5.74, 6) is -1.39. The Balaban J connectivity index is 1.50. The van der Waals surface area contributed by atoms with Crippen LogP contribution in [0.5, 0.6) is 0 Å². The van der Waals surface area contributed by atoms with Gasteiger partial charge in [-0.25, -0.2) is 9.59 Å². The SMILES string of the molecule is Cc1oc(=O)oc1COC(=O)[C@H](O)C[C@H](N)Cc1ccc(-c2cccc(Cl)c2)cc1. The molecule has 0 aliphatic rings. The summed E-state index contributed by atoms with van der Waals surface area (Å²) in [6, 6.07) is 15.0. The molecule has 1 aromatic heterocycles. The second kappa shape index (κ2) is 9.75. The summed E-state index contributed by atoms with van der Waals surface area (Å²) in [7, 11) is 0. The van der Waals surface area contributed by atoms with Gasteiger partial charge in [-0.1, -0.05) is 48.0 Å². The van der Waals surface area contributed by atoms with E-state index in [0.29, 0.717) is 11.4 Å². The molecule has 0 unspecified atom stereocenters. The van der Waals surface area contributed by atoms with Crippen LogP contribution in [-0.4, -0.2) is 23.2 Å². The summed E-state index contributed by atoms with van der Waals surface area (Å²) in [5.41, 5.74) is 9.11. The number of hydrogen-bond acceptors (Lipinski definition) is 7. The fraction of sp³-hybridized carbons (Fsp3) is 0.273. The van der Waals surface area contributed by atoms with Crippen LogP contribution in [0.2, 0.25) is 5.02 Å². The zero-order valence-corrected chi connectivity index (χ0v) is 17.1. The number of hydrogen-bond donors (Lipinski definition) is 2. The second-order valence-corrected chi connectivity index (χ2v) is 7.40. The van der Waals surface area contributed by atoms with Crippen molar-refractivity contribution < 1.29 is 23.5 Å². The molecule has 8 heteroatoms. The van der Waals surface area contributed by atoms with Gasteiger partial charge in [0.25, 0.3) is 0 Å². The van der Waals surface area contributed by atoms with E-state index in [2.05, 4.69) is 4.42 Å². The van der Waals surface area contributed by atoms with Crippen LogP contribution in [0.4, 0.5) is 0 Å². The van der Waals surface area contributed by atoms with Gasteiger partial charge >= 0.3 is 11.8 Å². The molecule has 0 bridgehead atoms. The molecule has 30 heavy (non-hydrogen) atoms. The van der Waals surface area contributed by atoms with Crippen molar-refractivity contribution in [3.8, 4) is 11.1 Å². The van der Waals surface area contributed by atoms with Crippen molar-refractivity contribution in [1.29, 1.82) is 0 Å². The van der Waals surface area contributed by atoms with Gasteiger partial charge in [0, 0.05) is 11.1 Å². The molecule has 7 nitrogen and oxygen atoms in total. The van der Waals surface area contributed by atoms with E-state index < -0.39 is 23.9 Å². The number of carbonyl (C=O) groups excluding carboxylic acids is 1. The molecule has 158 valence electrons. The summed E-state index contributed by atoms with van der Waals surface area (Å²) in [6.45, 7) is 1.21. The lowest BCUT2D eigenvalue weighted by Crippen LogP contribution is -2.33. The first kappa shape index (κ1) is 21.8. The zero-order valence-electron chi connectivity index (χ0n) is 16.3. The lowest BCUT2D eigenvalue weighted by Gasteiger charge is -2.16. The Morgan fingerprint density at radius 3 is 2.53 bits per heavy atom. The molecule has 0 radical (unpaired) electrons. The van der Waals surface area contributed by atoms with Gasteiger partial charge in [0.2, 0.25) is 0 Å². The number of halogens is 1. The van der Waals surface area contributed by atoms with Crippen LogP contribution in [0.3, 0.4) is 0 Å². The van der Waals surface area contributed by atoms with Crippen LogP contribution in [-0.2, 0) is 22.6 Å². The largest absolute Gasteiger partial charge is 0.519 e. The first-order valence-electron chi connectivity index (χ1n) is 9.36. The van der Waals surface area contributed by atoms with Gasteiger partial charge in [-0.3, -0.25) is 0 Å². The van der Waals surface area contributed by atoms with Crippen LogP contribution in [0.1, 0.15) is 23.5 Å². The van der Waals surface area contributed by atoms with Crippen LogP contribution in [0.15, 0.2) is 62.2 Å². The van der Waals surface area contributed by atoms with Gasteiger partial charge in [-0.05, 0) is 48.6 Å². The molecule has 3 aromatic rings. The van der Waals surface area contributed by atoms with E-state index in [1.54, 1.807) is 0 Å². The molecule has 0 saturated heterocycles. The molecular weight excluding hydrogens is 410 g/mol. The van der Waals surface area contributed by atoms with E-state index >= 15 is 0 Å². The van der Waals surface area contributed by atoms with Crippen molar-refractivity contribution in [1.82, 2.24) is 0 Å². The minimum absolute atomic E-state index is 0.0309. The highest BCUT2D eigenvalue weighted by Gasteiger charge is 2.21. The fourth-order valence-corrected chi connectivity index (χ4v) is 3.20. The maximum Gasteiger partial charge on any atom is 0.519 e. The van der Waals surface area contributed by atoms with Gasteiger partial charge in [-0.15, -0.1) is 0 Å². The molecule has 1 heterocycles. The predicted molar refractivity (Wildman–Crippen MR) is 111 cm³/mol. The molecule has 2 atom stereocenters. The van der Waals surface area contributed by atoms with Gasteiger partial charge in [-0.2, -0.15) is 0 Å². The van der Waals surface area contributed by atoms with Crippen molar-refractivity contribution in [3.05, 3.63) is 81.3 Å². The lowest BCUT2D eigenvalue weighted by molar-refractivity contribution is -0.156. The Bertz CT molecular complexity index is 1060. The smallest absolute Gasteiger partial charge is 0.455 e. The highest BCUT2D eigenvalue weighted by molar-refractivity contribution is 6.30. The topological polar surface area (TPSA) is 116 Å². The molecule has 3 N–H and O–H groups in total. The first-order valence-corrected chi connectivity index (χ1v) is 9.74. The molecule has 3 rings (SSSR count). The summed E-state index contributed by atoms with van der Waals surface area (Å²) >= 11 is 6.03. The molecule has 0 aliphatic carbocycles. The number of benzene rings is 2. The van der Waals surface area contributed by atoms with Crippen molar-refractivity contribution in [2.75, 3.05) is 0 Å². The lowest BCUT2D eigenvalue weighted by atomic mass is 9.98. The Kier molecular flexibility index (Phi) is 7.10. The maximum atomic E-state index is 12.0. The quantitative estimate of drug-likeness (QED) is 0.526. The van der Waals surface area contributed by atoms with Crippen LogP contribution >= 0.6 is 11.6 Å². The summed E-state index contributed by atoms with van der Waals surface area (Å²) in [5, 5.41) is 10.7. The van der Waals surface area contributed by atoms with E-state index in [-0.39, 0.29) is 24.5 Å². The molecule has 0 amide bonds. The first-order chi connectivity index (χ1) is 14.3. The van der Waals surface area contributed by atoms with E-state index in [1.807, 2.05) is 48.5 Å². The summed E-state index contributed by atoms with van der Waals surface area (Å²) < 4.78 is 14.4. The number of aryl methyl sites for hydroxylation is 1. The standard InChI is InChI=1S/C22H22ClNO6/c1-13-20(30-22(27)29-13)12-28-21(26)19(25)11-18(24)9-14-5-7-15(8-6-14)16-3-2-4-17(23)10-16/h2-8,10,18-19,25H,9,11-12,24H2,1H3/t18-,19-/m1/s1. The molecule has 0 fully saturated rings. The monoisotopic (exact) mass is 431 g/mol. The Morgan fingerprint density at radius 1 is 1.17 bits per heavy atom. The molecule has 0 spiro atoms. The number of ether oxygens (including phenoxy) is 1. The average molecular weight is 432 g/mol. The highest BCUT2D eigenvalue weighted by atomic mass is 35.5. The second-order valence-electron chi connectivity index (χ2n) is 6.96. The van der Waals surface area contributed by atoms with Crippen molar-refractivity contribution in [2.45, 2.75) is 38.5 Å². The third-order valence-corrected chi connectivity index (χ3v) is 4.82. The Labute approximate surface area is 178 Å². The van der Waals surface area contributed by atoms with Crippen molar-refractivity contribution in [2.24, 2.45) is 5.73 Å². The normalized spacial score (nSPS) is 13.1. The van der Waals surface area contributed by atoms with Crippen molar-refractivity contribution >= 4 is 17.6 Å². The van der Waals surface area contributed by atoms with Gasteiger partial charge in [0.1, 0.15) is 0 Å². The Morgan fingerprint density at radius 2 is 1.90 bits per heavy atom. The summed E-state index contributed by atoms with van der Waals surface area (Å²) in [4.78, 5) is 22.9. The fourth-order valence-electron chi connectivity index (χ4n) is 3.01. The van der Waals surface area contributed by atoms with Gasteiger partial charge in [0.15, 0.2) is 24.2 Å². The van der Waals surface area contributed by atoms with E-state index in [9.17, 15) is 14.7 Å². The average Bonchev–Trinajstić information content (AvgIpc) is 3.03. The van der Waals surface area contributed by atoms with E-state index in [4.69, 9.17) is 26.5 Å². The number of esters is 1. The third-order valence-electron chi connectivity index (χ3n) is 4.59. The molecule has 0 aliphatic heterocycles. The predicted octanol–water partition coefficient (Wildman–Crippen LogP) is 3.23. The van der Waals surface area contributed by atoms with Crippen LogP contribution in [0, 0.1) is 6.92 Å². The van der Waals surface area contributed by atoms with Gasteiger partial charge < -0.3 is 24.4 Å². The number of carbonyl (C=O) groups is 1. The minimum Gasteiger partial charge on any atom is -0.455 e. The van der Waals surface area contributed by atoms with Crippen LogP contribution < -0.4 is 11.6 Å². The summed E-state index contributed by atoms with van der Waals surface area (Å²) in [6.07, 6.45) is -0.872. The zero-order chi connectivity index (χ0) is 21.7. The Hall–Kier alpha value is -2.87. The van der Waals surface area contributed by atoms with Crippen molar-refractivity contribution in [3.63, 3.8) is 0 Å². The highest BCUT2D eigenvalue weighted by Crippen LogP contribution is 2.23. The maximum absolute atomic E-state index is 12.0. The molecular formula is C22H22ClNO6. The van der Waals surface area contributed by atoms with E-state index in [0.717, 1.165) is 16.7 Å². The van der Waals surface area contributed by atoms with Gasteiger partial charge in [0.05, 0.1) is 0 Å². The molecule has 2 aromatic carbocycles. The van der Waals surface area contributed by atoms with Crippen LogP contribution in [0.25, 0.3) is 11.1 Å². The number of rotatable bonds is 8. The third kappa shape index (κ3) is 5.82. The van der Waals surface area contributed by atoms with E-state index in [1.165, 1.54) is 6.92 Å². The number of aliphatic hydroxyl groups excluding tert-OH is 1. The number of nitrogens with two attached hydrogens (primary N) is 1. The minimum atomic E-state index is -1.38.